The first-order valence-electron chi connectivity index (χ1n) is 6.63. The van der Waals surface area contributed by atoms with Crippen molar-refractivity contribution < 1.29 is 9.90 Å². The summed E-state index contributed by atoms with van der Waals surface area (Å²) in [5.41, 5.74) is 0.993. The fourth-order valence-corrected chi connectivity index (χ4v) is 4.09. The summed E-state index contributed by atoms with van der Waals surface area (Å²) in [5.74, 6) is 0.482. The van der Waals surface area contributed by atoms with Crippen molar-refractivity contribution in [3.63, 3.8) is 0 Å². The van der Waals surface area contributed by atoms with Crippen LogP contribution in [0.25, 0.3) is 0 Å². The van der Waals surface area contributed by atoms with Crippen LogP contribution in [0, 0.1) is 6.92 Å². The van der Waals surface area contributed by atoms with E-state index in [1.807, 2.05) is 31.3 Å². The molecule has 0 radical (unpaired) electrons. The molecule has 0 spiro atoms. The summed E-state index contributed by atoms with van der Waals surface area (Å²) in [6, 6.07) is 0.289. The average Bonchev–Trinajstić information content (AvgIpc) is 3.01. The molecule has 2 rings (SSSR count). The number of hydrogen-bond donors (Lipinski definition) is 1. The van der Waals surface area contributed by atoms with Crippen molar-refractivity contribution in [2.45, 2.75) is 29.8 Å². The molecule has 5 nitrogen and oxygen atoms in total. The van der Waals surface area contributed by atoms with Crippen molar-refractivity contribution in [3.05, 3.63) is 11.1 Å². The summed E-state index contributed by atoms with van der Waals surface area (Å²) in [7, 11) is 4.03. The number of carbonyl (C=O) groups excluding carboxylic acids is 1. The van der Waals surface area contributed by atoms with Crippen molar-refractivity contribution in [1.82, 2.24) is 14.8 Å². The minimum absolute atomic E-state index is 0.0388. The maximum absolute atomic E-state index is 12.3. The number of aliphatic hydroxyl groups is 1. The molecule has 0 aromatic carbocycles. The third kappa shape index (κ3) is 3.72. The highest BCUT2D eigenvalue weighted by atomic mass is 32.2. The topological polar surface area (TPSA) is 56.7 Å². The summed E-state index contributed by atoms with van der Waals surface area (Å²) >= 11 is 3.05. The van der Waals surface area contributed by atoms with Crippen LogP contribution in [0.3, 0.4) is 0 Å². The molecule has 1 aliphatic rings. The van der Waals surface area contributed by atoms with E-state index in [2.05, 4.69) is 9.88 Å². The maximum atomic E-state index is 12.3. The van der Waals surface area contributed by atoms with Crippen LogP contribution < -0.4 is 0 Å². The van der Waals surface area contributed by atoms with E-state index < -0.39 is 0 Å². The Morgan fingerprint density at radius 3 is 2.95 bits per heavy atom. The number of aliphatic hydroxyl groups excluding tert-OH is 1. The van der Waals surface area contributed by atoms with Gasteiger partial charge in [0.2, 0.25) is 5.91 Å². The number of likely N-dealkylation sites (tertiary alicyclic amines) is 1. The van der Waals surface area contributed by atoms with Crippen molar-refractivity contribution in [2.24, 2.45) is 0 Å². The number of rotatable bonds is 5. The van der Waals surface area contributed by atoms with E-state index in [9.17, 15) is 9.90 Å². The second-order valence-electron chi connectivity index (χ2n) is 5.28. The molecule has 1 aromatic heterocycles. The summed E-state index contributed by atoms with van der Waals surface area (Å²) in [6.45, 7) is 2.69. The number of thiazole rings is 1. The van der Waals surface area contributed by atoms with Gasteiger partial charge < -0.3 is 14.9 Å². The zero-order valence-electron chi connectivity index (χ0n) is 12.1. The van der Waals surface area contributed by atoms with Crippen molar-refractivity contribution in [1.29, 1.82) is 0 Å². The molecule has 2 atom stereocenters. The van der Waals surface area contributed by atoms with Crippen LogP contribution in [0.5, 0.6) is 0 Å². The second kappa shape index (κ2) is 6.89. The Morgan fingerprint density at radius 2 is 2.40 bits per heavy atom. The summed E-state index contributed by atoms with van der Waals surface area (Å²) < 4.78 is 0.930. The lowest BCUT2D eigenvalue weighted by Crippen LogP contribution is -2.39. The molecule has 112 valence electrons. The third-order valence-corrected chi connectivity index (χ3v) is 5.69. The van der Waals surface area contributed by atoms with Gasteiger partial charge in [-0.3, -0.25) is 4.79 Å². The minimum atomic E-state index is -0.0477. The Morgan fingerprint density at radius 1 is 1.65 bits per heavy atom. The molecular weight excluding hydrogens is 294 g/mol. The molecule has 1 aliphatic heterocycles. The van der Waals surface area contributed by atoms with Gasteiger partial charge in [0.05, 0.1) is 18.4 Å². The van der Waals surface area contributed by atoms with Gasteiger partial charge in [0.15, 0.2) is 4.34 Å². The smallest absolute Gasteiger partial charge is 0.233 e. The number of aryl methyl sites for hydroxylation is 1. The van der Waals surface area contributed by atoms with E-state index in [0.29, 0.717) is 18.3 Å². The summed E-state index contributed by atoms with van der Waals surface area (Å²) in [4.78, 5) is 20.6. The van der Waals surface area contributed by atoms with E-state index in [0.717, 1.165) is 16.5 Å². The second-order valence-corrected chi connectivity index (χ2v) is 7.36. The highest BCUT2D eigenvalue weighted by molar-refractivity contribution is 8.01. The molecule has 1 amide bonds. The predicted octanol–water partition coefficient (Wildman–Crippen LogP) is 1.07. The molecule has 1 saturated heterocycles. The molecule has 2 heterocycles. The third-order valence-electron chi connectivity index (χ3n) is 3.57. The highest BCUT2D eigenvalue weighted by Crippen LogP contribution is 2.25. The maximum Gasteiger partial charge on any atom is 0.233 e. The van der Waals surface area contributed by atoms with Crippen molar-refractivity contribution in [2.75, 3.05) is 33.0 Å². The molecule has 1 fully saturated rings. The Bertz CT molecular complexity index is 464. The number of likely N-dealkylation sites (N-methyl/N-ethyl adjacent to an activating group) is 1. The van der Waals surface area contributed by atoms with Gasteiger partial charge in [-0.15, -0.1) is 11.3 Å². The van der Waals surface area contributed by atoms with Gasteiger partial charge in [0, 0.05) is 23.7 Å². The minimum Gasteiger partial charge on any atom is -0.394 e. The van der Waals surface area contributed by atoms with E-state index in [-0.39, 0.29) is 18.6 Å². The first-order valence-corrected chi connectivity index (χ1v) is 8.49. The Labute approximate surface area is 128 Å². The quantitative estimate of drug-likeness (QED) is 0.824. The lowest BCUT2D eigenvalue weighted by atomic mass is 10.2. The lowest BCUT2D eigenvalue weighted by Gasteiger charge is -2.23. The summed E-state index contributed by atoms with van der Waals surface area (Å²) in [5, 5.41) is 11.4. The first-order chi connectivity index (χ1) is 9.51. The van der Waals surface area contributed by atoms with Crippen LogP contribution >= 0.6 is 23.1 Å². The van der Waals surface area contributed by atoms with Gasteiger partial charge in [0.1, 0.15) is 0 Å². The zero-order chi connectivity index (χ0) is 14.7. The van der Waals surface area contributed by atoms with Crippen LogP contribution in [-0.2, 0) is 4.79 Å². The zero-order valence-corrected chi connectivity index (χ0v) is 13.7. The van der Waals surface area contributed by atoms with Crippen molar-refractivity contribution in [3.8, 4) is 0 Å². The Hall–Kier alpha value is -0.630. The predicted molar refractivity (Wildman–Crippen MR) is 82.3 cm³/mol. The largest absolute Gasteiger partial charge is 0.394 e. The van der Waals surface area contributed by atoms with Gasteiger partial charge >= 0.3 is 0 Å². The van der Waals surface area contributed by atoms with Gasteiger partial charge in [-0.2, -0.15) is 0 Å². The molecule has 0 unspecified atom stereocenters. The molecular formula is C13H21N3O2S2. The fraction of sp³-hybridized carbons (Fsp3) is 0.692. The number of nitrogens with zero attached hydrogens (tertiary/aromatic N) is 3. The van der Waals surface area contributed by atoms with E-state index >= 15 is 0 Å². The number of hydrogen-bond acceptors (Lipinski definition) is 6. The molecule has 0 saturated carbocycles. The standard InChI is InChI=1S/C13H21N3O2S2/c1-9-7-19-13(14-9)20-8-12(18)16-5-10(15(2)3)4-11(16)6-17/h7,10-11,17H,4-6,8H2,1-3H3/t10-,11+/m1/s1. The Kier molecular flexibility index (Phi) is 5.42. The van der Waals surface area contributed by atoms with Gasteiger partial charge in [-0.25, -0.2) is 4.98 Å². The van der Waals surface area contributed by atoms with E-state index in [4.69, 9.17) is 0 Å². The fourth-order valence-electron chi connectivity index (χ4n) is 2.35. The SMILES string of the molecule is Cc1csc(SCC(=O)N2C[C@H](N(C)C)C[C@H]2CO)n1. The van der Waals surface area contributed by atoms with Crippen molar-refractivity contribution >= 4 is 29.0 Å². The van der Waals surface area contributed by atoms with E-state index in [1.165, 1.54) is 11.8 Å². The molecule has 20 heavy (non-hydrogen) atoms. The Balaban J connectivity index is 1.90. The average molecular weight is 315 g/mol. The van der Waals surface area contributed by atoms with Crippen LogP contribution in [-0.4, -0.2) is 70.9 Å². The molecule has 1 N–H and O–H groups in total. The summed E-state index contributed by atoms with van der Waals surface area (Å²) in [6.07, 6.45) is 0.844. The molecule has 0 bridgehead atoms. The number of thioether (sulfide) groups is 1. The van der Waals surface area contributed by atoms with Crippen LogP contribution in [0.1, 0.15) is 12.1 Å². The van der Waals surface area contributed by atoms with Gasteiger partial charge in [-0.1, -0.05) is 11.8 Å². The highest BCUT2D eigenvalue weighted by Gasteiger charge is 2.35. The monoisotopic (exact) mass is 315 g/mol. The lowest BCUT2D eigenvalue weighted by molar-refractivity contribution is -0.129. The molecule has 0 aliphatic carbocycles. The van der Waals surface area contributed by atoms with Gasteiger partial charge in [-0.05, 0) is 27.4 Å². The first kappa shape index (κ1) is 15.8. The molecule has 7 heteroatoms. The van der Waals surface area contributed by atoms with Gasteiger partial charge in [0.25, 0.3) is 0 Å². The van der Waals surface area contributed by atoms with Crippen LogP contribution in [0.15, 0.2) is 9.72 Å². The van der Waals surface area contributed by atoms with Crippen LogP contribution in [0.2, 0.25) is 0 Å². The van der Waals surface area contributed by atoms with Crippen LogP contribution in [0.4, 0.5) is 0 Å². The number of aromatic nitrogens is 1. The van der Waals surface area contributed by atoms with E-state index in [1.54, 1.807) is 11.3 Å². The number of amides is 1. The normalized spacial score (nSPS) is 22.8. The molecule has 1 aromatic rings. The number of carbonyl (C=O) groups is 1.